The van der Waals surface area contributed by atoms with Crippen LogP contribution in [0.5, 0.6) is 0 Å². The lowest BCUT2D eigenvalue weighted by Gasteiger charge is -2.08. The van der Waals surface area contributed by atoms with Gasteiger partial charge in [0, 0.05) is 17.4 Å². The van der Waals surface area contributed by atoms with Gasteiger partial charge in [-0.2, -0.15) is 0 Å². The molecule has 0 bridgehead atoms. The van der Waals surface area contributed by atoms with E-state index in [2.05, 4.69) is 4.57 Å². The number of halogens is 2. The molecule has 1 aliphatic rings. The monoisotopic (exact) mass is 333 g/mol. The molecule has 0 atom stereocenters. The number of Topliss-reactive ketones (excluding diaryl/α,β-unsaturated/α-hetero) is 1. The smallest absolute Gasteiger partial charge is 0.340 e. The SMILES string of the molecule is Cc1cc(C(=O)OCC(=O)c2cc(F)ccc2F)c(C)n1C1CC1. The lowest BCUT2D eigenvalue weighted by Crippen LogP contribution is -2.16. The minimum Gasteiger partial charge on any atom is -0.454 e. The summed E-state index contributed by atoms with van der Waals surface area (Å²) in [6.07, 6.45) is 2.17. The Balaban J connectivity index is 1.71. The van der Waals surface area contributed by atoms with Gasteiger partial charge >= 0.3 is 5.97 Å². The zero-order valence-corrected chi connectivity index (χ0v) is 13.4. The van der Waals surface area contributed by atoms with E-state index in [-0.39, 0.29) is 0 Å². The van der Waals surface area contributed by atoms with Gasteiger partial charge in [0.25, 0.3) is 0 Å². The first-order valence-corrected chi connectivity index (χ1v) is 7.72. The van der Waals surface area contributed by atoms with Gasteiger partial charge in [-0.1, -0.05) is 0 Å². The fraction of sp³-hybridized carbons (Fsp3) is 0.333. The molecule has 0 N–H and O–H groups in total. The van der Waals surface area contributed by atoms with Gasteiger partial charge < -0.3 is 9.30 Å². The Bertz CT molecular complexity index is 822. The van der Waals surface area contributed by atoms with Crippen LogP contribution in [-0.4, -0.2) is 22.9 Å². The third kappa shape index (κ3) is 3.09. The van der Waals surface area contributed by atoms with E-state index in [0.717, 1.165) is 42.4 Å². The number of carbonyl (C=O) groups is 2. The number of aryl methyl sites for hydroxylation is 1. The van der Waals surface area contributed by atoms with Crippen LogP contribution in [-0.2, 0) is 4.74 Å². The van der Waals surface area contributed by atoms with Gasteiger partial charge in [-0.3, -0.25) is 4.79 Å². The Labute approximate surface area is 138 Å². The largest absolute Gasteiger partial charge is 0.454 e. The molecule has 126 valence electrons. The number of hydrogen-bond acceptors (Lipinski definition) is 3. The standard InChI is InChI=1S/C18H17F2NO3/c1-10-7-14(11(2)21(10)13-4-5-13)18(23)24-9-17(22)15-8-12(19)3-6-16(15)20/h3,6-8,13H,4-5,9H2,1-2H3. The highest BCUT2D eigenvalue weighted by atomic mass is 19.1. The highest BCUT2D eigenvalue weighted by Crippen LogP contribution is 2.38. The third-order valence-electron chi connectivity index (χ3n) is 4.18. The number of esters is 1. The molecule has 1 aromatic carbocycles. The number of nitrogens with zero attached hydrogens (tertiary/aromatic N) is 1. The summed E-state index contributed by atoms with van der Waals surface area (Å²) >= 11 is 0. The minimum atomic E-state index is -0.843. The molecule has 24 heavy (non-hydrogen) atoms. The number of aromatic nitrogens is 1. The predicted molar refractivity (Wildman–Crippen MR) is 83.1 cm³/mol. The van der Waals surface area contributed by atoms with Crippen molar-refractivity contribution in [1.82, 2.24) is 4.57 Å². The van der Waals surface area contributed by atoms with E-state index in [9.17, 15) is 18.4 Å². The summed E-state index contributed by atoms with van der Waals surface area (Å²) in [5, 5.41) is 0. The highest BCUT2D eigenvalue weighted by molar-refractivity contribution is 5.99. The van der Waals surface area contributed by atoms with Crippen molar-refractivity contribution in [3.05, 3.63) is 58.4 Å². The topological polar surface area (TPSA) is 48.3 Å². The Morgan fingerprint density at radius 3 is 2.54 bits per heavy atom. The molecular weight excluding hydrogens is 316 g/mol. The third-order valence-corrected chi connectivity index (χ3v) is 4.18. The molecule has 0 spiro atoms. The van der Waals surface area contributed by atoms with E-state index in [4.69, 9.17) is 4.74 Å². The lowest BCUT2D eigenvalue weighted by molar-refractivity contribution is 0.0472. The summed E-state index contributed by atoms with van der Waals surface area (Å²) in [6.45, 7) is 3.11. The van der Waals surface area contributed by atoms with Crippen LogP contribution in [0.25, 0.3) is 0 Å². The molecule has 0 aliphatic heterocycles. The van der Waals surface area contributed by atoms with Crippen LogP contribution in [0.3, 0.4) is 0 Å². The number of benzene rings is 1. The van der Waals surface area contributed by atoms with Gasteiger partial charge in [0.05, 0.1) is 11.1 Å². The summed E-state index contributed by atoms with van der Waals surface area (Å²) in [4.78, 5) is 24.1. The first-order chi connectivity index (χ1) is 11.4. The second-order valence-electron chi connectivity index (χ2n) is 6.01. The maximum Gasteiger partial charge on any atom is 0.340 e. The van der Waals surface area contributed by atoms with Gasteiger partial charge in [0.2, 0.25) is 5.78 Å². The number of carbonyl (C=O) groups excluding carboxylic acids is 2. The summed E-state index contributed by atoms with van der Waals surface area (Å²) in [7, 11) is 0. The molecule has 0 unspecified atom stereocenters. The highest BCUT2D eigenvalue weighted by Gasteiger charge is 2.29. The van der Waals surface area contributed by atoms with Crippen molar-refractivity contribution in [2.45, 2.75) is 32.7 Å². The van der Waals surface area contributed by atoms with E-state index in [1.807, 2.05) is 13.8 Å². The normalized spacial score (nSPS) is 13.8. The lowest BCUT2D eigenvalue weighted by atomic mass is 10.1. The first kappa shape index (κ1) is 16.4. The summed E-state index contributed by atoms with van der Waals surface area (Å²) in [5.41, 5.74) is 1.73. The Kier molecular flexibility index (Phi) is 4.22. The molecule has 1 aromatic heterocycles. The van der Waals surface area contributed by atoms with Gasteiger partial charge in [-0.25, -0.2) is 13.6 Å². The molecule has 2 aromatic rings. The Morgan fingerprint density at radius 2 is 1.88 bits per heavy atom. The van der Waals surface area contributed by atoms with E-state index in [1.165, 1.54) is 0 Å². The molecule has 0 saturated heterocycles. The molecule has 3 rings (SSSR count). The quantitative estimate of drug-likeness (QED) is 0.618. The van der Waals surface area contributed by atoms with Crippen molar-refractivity contribution < 1.29 is 23.1 Å². The second kappa shape index (κ2) is 6.19. The van der Waals surface area contributed by atoms with Crippen LogP contribution < -0.4 is 0 Å². The van der Waals surface area contributed by atoms with Crippen LogP contribution in [0.1, 0.15) is 51.0 Å². The molecule has 0 radical (unpaired) electrons. The molecule has 1 heterocycles. The zero-order valence-electron chi connectivity index (χ0n) is 13.4. The van der Waals surface area contributed by atoms with Crippen LogP contribution in [0.15, 0.2) is 24.3 Å². The second-order valence-corrected chi connectivity index (χ2v) is 6.01. The molecule has 1 saturated carbocycles. The van der Waals surface area contributed by atoms with Gasteiger partial charge in [-0.15, -0.1) is 0 Å². The van der Waals surface area contributed by atoms with Crippen LogP contribution in [0.2, 0.25) is 0 Å². The molecule has 1 aliphatic carbocycles. The number of hydrogen-bond donors (Lipinski definition) is 0. The van der Waals surface area contributed by atoms with Crippen molar-refractivity contribution in [1.29, 1.82) is 0 Å². The zero-order chi connectivity index (χ0) is 17.4. The molecule has 6 heteroatoms. The van der Waals surface area contributed by atoms with Crippen molar-refractivity contribution in [3.8, 4) is 0 Å². The summed E-state index contributed by atoms with van der Waals surface area (Å²) < 4.78 is 33.8. The number of ether oxygens (including phenoxy) is 1. The molecule has 4 nitrogen and oxygen atoms in total. The number of rotatable bonds is 5. The van der Waals surface area contributed by atoms with Crippen molar-refractivity contribution in [2.75, 3.05) is 6.61 Å². The fourth-order valence-electron chi connectivity index (χ4n) is 2.88. The van der Waals surface area contributed by atoms with E-state index >= 15 is 0 Å². The molecule has 1 fully saturated rings. The van der Waals surface area contributed by atoms with Gasteiger partial charge in [0.1, 0.15) is 11.6 Å². The predicted octanol–water partition coefficient (Wildman–Crippen LogP) is 3.76. The van der Waals surface area contributed by atoms with Crippen molar-refractivity contribution >= 4 is 11.8 Å². The summed E-state index contributed by atoms with van der Waals surface area (Å²) in [6, 6.07) is 4.74. The van der Waals surface area contributed by atoms with Gasteiger partial charge in [-0.05, 0) is 51.0 Å². The molecule has 0 amide bonds. The summed E-state index contributed by atoms with van der Waals surface area (Å²) in [5.74, 6) is -2.99. The maximum absolute atomic E-state index is 13.6. The first-order valence-electron chi connectivity index (χ1n) is 7.72. The maximum atomic E-state index is 13.6. The average molecular weight is 333 g/mol. The molecular formula is C18H17F2NO3. The van der Waals surface area contributed by atoms with Crippen molar-refractivity contribution in [2.24, 2.45) is 0 Å². The van der Waals surface area contributed by atoms with Crippen LogP contribution >= 0.6 is 0 Å². The van der Waals surface area contributed by atoms with E-state index < -0.39 is 35.6 Å². The van der Waals surface area contributed by atoms with E-state index in [0.29, 0.717) is 11.6 Å². The van der Waals surface area contributed by atoms with Gasteiger partial charge in [0.15, 0.2) is 6.61 Å². The van der Waals surface area contributed by atoms with Crippen LogP contribution in [0, 0.1) is 25.5 Å². The van der Waals surface area contributed by atoms with Crippen molar-refractivity contribution in [3.63, 3.8) is 0 Å². The van der Waals surface area contributed by atoms with E-state index in [1.54, 1.807) is 6.07 Å². The van der Waals surface area contributed by atoms with Crippen LogP contribution in [0.4, 0.5) is 8.78 Å². The Hall–Kier alpha value is -2.50. The minimum absolute atomic E-state index is 0.395. The Morgan fingerprint density at radius 1 is 1.17 bits per heavy atom. The average Bonchev–Trinajstić information content (AvgIpc) is 3.32. The number of ketones is 1. The fourth-order valence-corrected chi connectivity index (χ4v) is 2.88.